The van der Waals surface area contributed by atoms with E-state index in [-0.39, 0.29) is 18.6 Å². The zero-order chi connectivity index (χ0) is 15.1. The van der Waals surface area contributed by atoms with Crippen molar-refractivity contribution in [1.29, 1.82) is 0 Å². The quantitative estimate of drug-likeness (QED) is 0.803. The van der Waals surface area contributed by atoms with E-state index < -0.39 is 0 Å². The SMILES string of the molecule is CCC(C)NC(=O)COc1c(C)cc(CCN)cc1C. The Hall–Kier alpha value is -1.55. The van der Waals surface area contributed by atoms with Gasteiger partial charge < -0.3 is 15.8 Å². The summed E-state index contributed by atoms with van der Waals surface area (Å²) in [6.07, 6.45) is 1.77. The molecule has 1 aromatic carbocycles. The van der Waals surface area contributed by atoms with Crippen LogP contribution in [0.4, 0.5) is 0 Å². The van der Waals surface area contributed by atoms with E-state index in [0.29, 0.717) is 6.54 Å². The van der Waals surface area contributed by atoms with E-state index in [0.717, 1.165) is 29.7 Å². The molecule has 4 heteroatoms. The van der Waals surface area contributed by atoms with Crippen LogP contribution in [0.3, 0.4) is 0 Å². The van der Waals surface area contributed by atoms with Crippen LogP contribution in [0.25, 0.3) is 0 Å². The summed E-state index contributed by atoms with van der Waals surface area (Å²) in [6.45, 7) is 8.70. The standard InChI is InChI=1S/C16H26N2O2/c1-5-13(4)18-15(19)10-20-16-11(2)8-14(6-7-17)9-12(16)3/h8-9,13H,5-7,10,17H2,1-4H3,(H,18,19). The Morgan fingerprint density at radius 1 is 1.35 bits per heavy atom. The average molecular weight is 278 g/mol. The van der Waals surface area contributed by atoms with Crippen LogP contribution in [0.15, 0.2) is 12.1 Å². The molecule has 1 aromatic rings. The molecule has 1 rings (SSSR count). The smallest absolute Gasteiger partial charge is 0.258 e. The lowest BCUT2D eigenvalue weighted by Gasteiger charge is -2.15. The van der Waals surface area contributed by atoms with E-state index in [1.54, 1.807) is 0 Å². The van der Waals surface area contributed by atoms with Crippen LogP contribution in [-0.2, 0) is 11.2 Å². The molecule has 0 saturated heterocycles. The van der Waals surface area contributed by atoms with Crippen molar-refractivity contribution < 1.29 is 9.53 Å². The Morgan fingerprint density at radius 2 is 1.95 bits per heavy atom. The van der Waals surface area contributed by atoms with Gasteiger partial charge in [-0.25, -0.2) is 0 Å². The van der Waals surface area contributed by atoms with Crippen molar-refractivity contribution in [2.75, 3.05) is 13.2 Å². The minimum absolute atomic E-state index is 0.0578. The first-order valence-corrected chi connectivity index (χ1v) is 7.20. The number of aryl methyl sites for hydroxylation is 2. The normalized spacial score (nSPS) is 12.1. The zero-order valence-electron chi connectivity index (χ0n) is 13.0. The number of carbonyl (C=O) groups is 1. The lowest BCUT2D eigenvalue weighted by Crippen LogP contribution is -2.35. The maximum Gasteiger partial charge on any atom is 0.258 e. The molecule has 0 heterocycles. The van der Waals surface area contributed by atoms with Crippen LogP contribution in [-0.4, -0.2) is 25.1 Å². The van der Waals surface area contributed by atoms with Gasteiger partial charge in [-0.05, 0) is 56.8 Å². The van der Waals surface area contributed by atoms with E-state index >= 15 is 0 Å². The van der Waals surface area contributed by atoms with Gasteiger partial charge in [0, 0.05) is 6.04 Å². The van der Waals surface area contributed by atoms with Crippen LogP contribution in [0.5, 0.6) is 5.75 Å². The third-order valence-electron chi connectivity index (χ3n) is 3.32. The van der Waals surface area contributed by atoms with Gasteiger partial charge in [0.05, 0.1) is 0 Å². The van der Waals surface area contributed by atoms with Crippen molar-refractivity contribution in [1.82, 2.24) is 5.32 Å². The highest BCUT2D eigenvalue weighted by Crippen LogP contribution is 2.24. The summed E-state index contributed by atoms with van der Waals surface area (Å²) in [4.78, 5) is 11.7. The predicted octanol–water partition coefficient (Wildman–Crippen LogP) is 2.10. The largest absolute Gasteiger partial charge is 0.483 e. The van der Waals surface area contributed by atoms with Crippen molar-refractivity contribution in [3.63, 3.8) is 0 Å². The third kappa shape index (κ3) is 4.85. The average Bonchev–Trinajstić information content (AvgIpc) is 2.37. The van der Waals surface area contributed by atoms with Gasteiger partial charge in [-0.3, -0.25) is 4.79 Å². The van der Waals surface area contributed by atoms with E-state index in [4.69, 9.17) is 10.5 Å². The van der Waals surface area contributed by atoms with Crippen molar-refractivity contribution in [2.24, 2.45) is 5.73 Å². The van der Waals surface area contributed by atoms with Crippen LogP contribution in [0, 0.1) is 13.8 Å². The Morgan fingerprint density at radius 3 is 2.45 bits per heavy atom. The molecule has 0 aromatic heterocycles. The molecule has 0 bridgehead atoms. The predicted molar refractivity (Wildman–Crippen MR) is 82.1 cm³/mol. The van der Waals surface area contributed by atoms with Crippen LogP contribution in [0.1, 0.15) is 37.0 Å². The fourth-order valence-corrected chi connectivity index (χ4v) is 2.13. The van der Waals surface area contributed by atoms with Gasteiger partial charge in [0.15, 0.2) is 6.61 Å². The van der Waals surface area contributed by atoms with E-state index in [2.05, 4.69) is 17.4 Å². The van der Waals surface area contributed by atoms with Gasteiger partial charge >= 0.3 is 0 Å². The molecule has 0 aliphatic carbocycles. The number of carbonyl (C=O) groups excluding carboxylic acids is 1. The summed E-state index contributed by atoms with van der Waals surface area (Å²) in [6, 6.07) is 4.32. The van der Waals surface area contributed by atoms with Crippen molar-refractivity contribution in [2.45, 2.75) is 46.6 Å². The van der Waals surface area contributed by atoms with E-state index in [1.165, 1.54) is 5.56 Å². The molecule has 0 radical (unpaired) electrons. The molecule has 4 nitrogen and oxygen atoms in total. The summed E-state index contributed by atoms with van der Waals surface area (Å²) < 4.78 is 5.66. The lowest BCUT2D eigenvalue weighted by atomic mass is 10.0. The molecule has 20 heavy (non-hydrogen) atoms. The van der Waals surface area contributed by atoms with Gasteiger partial charge in [-0.2, -0.15) is 0 Å². The second-order valence-electron chi connectivity index (χ2n) is 5.26. The number of nitrogens with two attached hydrogens (primary N) is 1. The number of hydrogen-bond acceptors (Lipinski definition) is 3. The highest BCUT2D eigenvalue weighted by atomic mass is 16.5. The molecule has 0 saturated carbocycles. The van der Waals surface area contributed by atoms with E-state index in [1.807, 2.05) is 27.7 Å². The maximum absolute atomic E-state index is 11.7. The number of benzene rings is 1. The molecular formula is C16H26N2O2. The first-order chi connectivity index (χ1) is 9.47. The number of hydrogen-bond donors (Lipinski definition) is 2. The maximum atomic E-state index is 11.7. The second-order valence-corrected chi connectivity index (χ2v) is 5.26. The highest BCUT2D eigenvalue weighted by molar-refractivity contribution is 5.77. The van der Waals surface area contributed by atoms with Crippen LogP contribution >= 0.6 is 0 Å². The van der Waals surface area contributed by atoms with Crippen LogP contribution in [0.2, 0.25) is 0 Å². The molecule has 0 aliphatic rings. The van der Waals surface area contributed by atoms with Crippen molar-refractivity contribution >= 4 is 5.91 Å². The second kappa shape index (κ2) is 7.90. The fourth-order valence-electron chi connectivity index (χ4n) is 2.13. The molecule has 0 spiro atoms. The Balaban J connectivity index is 2.66. The number of ether oxygens (including phenoxy) is 1. The minimum Gasteiger partial charge on any atom is -0.483 e. The van der Waals surface area contributed by atoms with Gasteiger partial charge in [0.2, 0.25) is 0 Å². The first-order valence-electron chi connectivity index (χ1n) is 7.20. The highest BCUT2D eigenvalue weighted by Gasteiger charge is 2.10. The number of amides is 1. The summed E-state index contributed by atoms with van der Waals surface area (Å²) >= 11 is 0. The number of rotatable bonds is 7. The first kappa shape index (κ1) is 16.5. The van der Waals surface area contributed by atoms with Gasteiger partial charge in [-0.1, -0.05) is 19.1 Å². The Labute approximate surface area is 121 Å². The molecule has 1 amide bonds. The molecular weight excluding hydrogens is 252 g/mol. The molecule has 0 aliphatic heterocycles. The van der Waals surface area contributed by atoms with Crippen molar-refractivity contribution in [3.05, 3.63) is 28.8 Å². The lowest BCUT2D eigenvalue weighted by molar-refractivity contribution is -0.123. The topological polar surface area (TPSA) is 64.3 Å². The van der Waals surface area contributed by atoms with Gasteiger partial charge in [-0.15, -0.1) is 0 Å². The summed E-state index contributed by atoms with van der Waals surface area (Å²) in [7, 11) is 0. The van der Waals surface area contributed by atoms with Gasteiger partial charge in [0.1, 0.15) is 5.75 Å². The molecule has 112 valence electrons. The summed E-state index contributed by atoms with van der Waals surface area (Å²) in [5.41, 5.74) is 8.87. The summed E-state index contributed by atoms with van der Waals surface area (Å²) in [5.74, 6) is 0.717. The number of nitrogens with one attached hydrogen (secondary N) is 1. The minimum atomic E-state index is -0.0795. The Kier molecular flexibility index (Phi) is 6.52. The van der Waals surface area contributed by atoms with E-state index in [9.17, 15) is 4.79 Å². The van der Waals surface area contributed by atoms with Crippen molar-refractivity contribution in [3.8, 4) is 5.75 Å². The molecule has 1 atom stereocenters. The molecule has 0 fully saturated rings. The Bertz CT molecular complexity index is 435. The molecule has 3 N–H and O–H groups in total. The fraction of sp³-hybridized carbons (Fsp3) is 0.562. The molecule has 1 unspecified atom stereocenters. The van der Waals surface area contributed by atoms with Crippen LogP contribution < -0.4 is 15.8 Å². The van der Waals surface area contributed by atoms with Gasteiger partial charge in [0.25, 0.3) is 5.91 Å². The zero-order valence-corrected chi connectivity index (χ0v) is 13.0. The third-order valence-corrected chi connectivity index (χ3v) is 3.32. The summed E-state index contributed by atoms with van der Waals surface area (Å²) in [5, 5.41) is 2.89. The monoisotopic (exact) mass is 278 g/mol.